The third-order valence-corrected chi connectivity index (χ3v) is 9.31. The van der Waals surface area contributed by atoms with E-state index >= 15 is 0 Å². The maximum atomic E-state index is 13.3. The number of thioether (sulfide) groups is 1. The number of hydrogen-bond acceptors (Lipinski definition) is 8. The van der Waals surface area contributed by atoms with Crippen LogP contribution >= 0.6 is 24.0 Å². The lowest BCUT2D eigenvalue weighted by Crippen LogP contribution is -2.38. The standard InChI is InChI=1S/C35H34N2O6S2/c38-33-32(45-35(44)37(33)13-2-17-42-29-10-8-26(9-11-29)34(39)40)22-24-5-12-31(43-20-16-36-14-18-41-19-15-36)30(21-24)28-7-6-25-3-1-4-27(25)23-28/h1,4-12,21-23H,2-3,13-20H2,(H,39,40)/b32-22-. The Morgan fingerprint density at radius 3 is 2.62 bits per heavy atom. The number of benzene rings is 3. The lowest BCUT2D eigenvalue weighted by atomic mass is 9.98. The zero-order chi connectivity index (χ0) is 31.2. The van der Waals surface area contributed by atoms with Crippen molar-refractivity contribution in [1.29, 1.82) is 0 Å². The molecule has 45 heavy (non-hydrogen) atoms. The van der Waals surface area contributed by atoms with E-state index in [0.717, 1.165) is 61.7 Å². The summed E-state index contributed by atoms with van der Waals surface area (Å²) in [6.45, 7) is 5.56. The van der Waals surface area contributed by atoms with E-state index in [1.165, 1.54) is 35.0 Å². The first kappa shape index (κ1) is 31.0. The van der Waals surface area contributed by atoms with Crippen molar-refractivity contribution < 1.29 is 28.9 Å². The Morgan fingerprint density at radius 1 is 1.00 bits per heavy atom. The highest BCUT2D eigenvalue weighted by Gasteiger charge is 2.31. The summed E-state index contributed by atoms with van der Waals surface area (Å²) in [5, 5.41) is 9.05. The number of allylic oxidation sites excluding steroid dienone is 1. The van der Waals surface area contributed by atoms with Crippen LogP contribution in [-0.2, 0) is 16.0 Å². The number of aromatic carboxylic acids is 1. The number of amides is 1. The largest absolute Gasteiger partial charge is 0.494 e. The molecule has 0 saturated carbocycles. The van der Waals surface area contributed by atoms with Crippen molar-refractivity contribution in [2.45, 2.75) is 12.8 Å². The molecule has 0 radical (unpaired) electrons. The fraction of sp³-hybridized carbons (Fsp3) is 0.286. The lowest BCUT2D eigenvalue weighted by Gasteiger charge is -2.26. The number of hydrogen-bond donors (Lipinski definition) is 1. The van der Waals surface area contributed by atoms with Crippen molar-refractivity contribution in [3.63, 3.8) is 0 Å². The van der Waals surface area contributed by atoms with E-state index in [1.54, 1.807) is 17.0 Å². The van der Waals surface area contributed by atoms with E-state index in [2.05, 4.69) is 41.3 Å². The molecule has 0 unspecified atom stereocenters. The van der Waals surface area contributed by atoms with E-state index in [-0.39, 0.29) is 11.5 Å². The predicted molar refractivity (Wildman–Crippen MR) is 181 cm³/mol. The van der Waals surface area contributed by atoms with Crippen LogP contribution in [0.1, 0.15) is 33.5 Å². The minimum atomic E-state index is -0.982. The van der Waals surface area contributed by atoms with Gasteiger partial charge in [-0.15, -0.1) is 0 Å². The Kier molecular flexibility index (Phi) is 9.95. The van der Waals surface area contributed by atoms with Gasteiger partial charge in [-0.3, -0.25) is 14.6 Å². The van der Waals surface area contributed by atoms with Crippen molar-refractivity contribution in [3.8, 4) is 22.6 Å². The number of carbonyl (C=O) groups excluding carboxylic acids is 1. The SMILES string of the molecule is O=C(O)c1ccc(OCCCN2C(=O)/C(=C/c3ccc(OCCN4CCOCC4)c(-c4ccc5c(c4)C=CC5)c3)SC2=S)cc1. The topological polar surface area (TPSA) is 88.5 Å². The lowest BCUT2D eigenvalue weighted by molar-refractivity contribution is -0.122. The number of ether oxygens (including phenoxy) is 3. The highest BCUT2D eigenvalue weighted by molar-refractivity contribution is 8.26. The van der Waals surface area contributed by atoms with Crippen molar-refractivity contribution >= 4 is 52.3 Å². The second kappa shape index (κ2) is 14.4. The number of carboxylic acids is 1. The summed E-state index contributed by atoms with van der Waals surface area (Å²) in [5.74, 6) is 0.289. The molecule has 3 aromatic carbocycles. The molecular weight excluding hydrogens is 609 g/mol. The summed E-state index contributed by atoms with van der Waals surface area (Å²) in [7, 11) is 0. The van der Waals surface area contributed by atoms with Gasteiger partial charge >= 0.3 is 5.97 Å². The molecule has 2 saturated heterocycles. The molecule has 1 N–H and O–H groups in total. The molecule has 2 fully saturated rings. The fourth-order valence-electron chi connectivity index (χ4n) is 5.47. The van der Waals surface area contributed by atoms with E-state index < -0.39 is 5.97 Å². The summed E-state index contributed by atoms with van der Waals surface area (Å²) >= 11 is 6.86. The molecule has 1 aliphatic carbocycles. The van der Waals surface area contributed by atoms with Gasteiger partial charge < -0.3 is 19.3 Å². The van der Waals surface area contributed by atoms with Gasteiger partial charge in [-0.1, -0.05) is 54.3 Å². The van der Waals surface area contributed by atoms with Gasteiger partial charge in [-0.25, -0.2) is 4.79 Å². The van der Waals surface area contributed by atoms with Gasteiger partial charge in [-0.05, 0) is 83.6 Å². The van der Waals surface area contributed by atoms with E-state index in [4.69, 9.17) is 31.5 Å². The normalized spacial score (nSPS) is 17.2. The molecule has 10 heteroatoms. The molecule has 0 bridgehead atoms. The van der Waals surface area contributed by atoms with Crippen LogP contribution in [0.4, 0.5) is 0 Å². The zero-order valence-electron chi connectivity index (χ0n) is 24.8. The minimum absolute atomic E-state index is 0.120. The monoisotopic (exact) mass is 642 g/mol. The first-order chi connectivity index (χ1) is 21.9. The molecule has 2 aliphatic heterocycles. The number of carboxylic acid groups (broad SMARTS) is 1. The number of thiocarbonyl (C=S) groups is 1. The summed E-state index contributed by atoms with van der Waals surface area (Å²) in [5.41, 5.74) is 5.69. The quantitative estimate of drug-likeness (QED) is 0.145. The Hall–Kier alpha value is -3.96. The average Bonchev–Trinajstić information content (AvgIpc) is 3.63. The molecule has 0 aromatic heterocycles. The van der Waals surface area contributed by atoms with Crippen LogP contribution in [0.15, 0.2) is 71.6 Å². The van der Waals surface area contributed by atoms with E-state index in [9.17, 15) is 9.59 Å². The van der Waals surface area contributed by atoms with Crippen LogP contribution in [0.3, 0.4) is 0 Å². The third-order valence-electron chi connectivity index (χ3n) is 7.93. The Balaban J connectivity index is 1.13. The van der Waals surface area contributed by atoms with Gasteiger partial charge in [0.1, 0.15) is 22.4 Å². The molecule has 232 valence electrons. The summed E-state index contributed by atoms with van der Waals surface area (Å²) in [6.07, 6.45) is 7.76. The zero-order valence-corrected chi connectivity index (χ0v) is 26.4. The van der Waals surface area contributed by atoms with Crippen LogP contribution in [-0.4, -0.2) is 83.7 Å². The van der Waals surface area contributed by atoms with Crippen LogP contribution in [0.2, 0.25) is 0 Å². The van der Waals surface area contributed by atoms with Gasteiger partial charge in [0, 0.05) is 31.7 Å². The number of carbonyl (C=O) groups is 2. The van der Waals surface area contributed by atoms with Gasteiger partial charge in [0.2, 0.25) is 0 Å². The summed E-state index contributed by atoms with van der Waals surface area (Å²) in [4.78, 5) is 28.9. The van der Waals surface area contributed by atoms with Crippen molar-refractivity contribution in [2.24, 2.45) is 0 Å². The molecule has 2 heterocycles. The molecule has 1 amide bonds. The third kappa shape index (κ3) is 7.65. The highest BCUT2D eigenvalue weighted by Crippen LogP contribution is 2.37. The maximum Gasteiger partial charge on any atom is 0.335 e. The van der Waals surface area contributed by atoms with Crippen LogP contribution in [0.5, 0.6) is 11.5 Å². The van der Waals surface area contributed by atoms with Crippen molar-refractivity contribution in [1.82, 2.24) is 9.80 Å². The Morgan fingerprint density at radius 2 is 1.82 bits per heavy atom. The summed E-state index contributed by atoms with van der Waals surface area (Å²) in [6, 6.07) is 18.8. The first-order valence-corrected chi connectivity index (χ1v) is 16.3. The van der Waals surface area contributed by atoms with Gasteiger partial charge in [-0.2, -0.15) is 0 Å². The van der Waals surface area contributed by atoms with Crippen LogP contribution in [0.25, 0.3) is 23.3 Å². The molecule has 6 rings (SSSR count). The van der Waals surface area contributed by atoms with E-state index in [1.807, 2.05) is 18.2 Å². The second-order valence-corrected chi connectivity index (χ2v) is 12.6. The van der Waals surface area contributed by atoms with Gasteiger partial charge in [0.25, 0.3) is 5.91 Å². The summed E-state index contributed by atoms with van der Waals surface area (Å²) < 4.78 is 18.1. The number of morpholine rings is 1. The smallest absolute Gasteiger partial charge is 0.335 e. The fourth-order valence-corrected chi connectivity index (χ4v) is 6.77. The Bertz CT molecular complexity index is 1650. The van der Waals surface area contributed by atoms with E-state index in [0.29, 0.717) is 41.2 Å². The first-order valence-electron chi connectivity index (χ1n) is 15.0. The maximum absolute atomic E-state index is 13.3. The van der Waals surface area contributed by atoms with Gasteiger partial charge in [0.05, 0.1) is 30.3 Å². The van der Waals surface area contributed by atoms with Crippen molar-refractivity contribution in [2.75, 3.05) is 52.6 Å². The number of rotatable bonds is 12. The Labute approximate surface area is 272 Å². The molecule has 3 aliphatic rings. The predicted octanol–water partition coefficient (Wildman–Crippen LogP) is 6.00. The number of fused-ring (bicyclic) bond motifs is 1. The van der Waals surface area contributed by atoms with Gasteiger partial charge in [0.15, 0.2) is 0 Å². The molecule has 0 spiro atoms. The molecule has 3 aromatic rings. The molecular formula is C35H34N2O6S2. The average molecular weight is 643 g/mol. The molecule has 0 atom stereocenters. The van der Waals surface area contributed by atoms with Crippen LogP contribution < -0.4 is 9.47 Å². The minimum Gasteiger partial charge on any atom is -0.494 e. The van der Waals surface area contributed by atoms with Crippen LogP contribution in [0, 0.1) is 0 Å². The number of nitrogens with zero attached hydrogens (tertiary/aromatic N) is 2. The second-order valence-electron chi connectivity index (χ2n) is 10.9. The molecule has 8 nitrogen and oxygen atoms in total. The highest BCUT2D eigenvalue weighted by atomic mass is 32.2. The van der Waals surface area contributed by atoms with Crippen molar-refractivity contribution in [3.05, 3.63) is 93.9 Å².